The largest absolute Gasteiger partial charge is 0.455 e. The molecule has 130 valence electrons. The van der Waals surface area contributed by atoms with E-state index in [4.69, 9.17) is 4.42 Å². The summed E-state index contributed by atoms with van der Waals surface area (Å²) < 4.78 is 5.62. The van der Waals surface area contributed by atoms with E-state index in [9.17, 15) is 20.2 Å². The van der Waals surface area contributed by atoms with Crippen LogP contribution in [0.5, 0.6) is 0 Å². The van der Waals surface area contributed by atoms with Crippen LogP contribution in [0.25, 0.3) is 11.3 Å². The summed E-state index contributed by atoms with van der Waals surface area (Å²) in [6, 6.07) is 16.2. The zero-order chi connectivity index (χ0) is 18.5. The van der Waals surface area contributed by atoms with Gasteiger partial charge in [-0.05, 0) is 18.2 Å². The molecule has 1 heterocycles. The van der Waals surface area contributed by atoms with Gasteiger partial charge in [0, 0.05) is 11.6 Å². The number of hydrogen-bond donors (Lipinski definition) is 1. The van der Waals surface area contributed by atoms with Gasteiger partial charge in [0.15, 0.2) is 0 Å². The van der Waals surface area contributed by atoms with Gasteiger partial charge in [-0.15, -0.1) is 0 Å². The van der Waals surface area contributed by atoms with Crippen LogP contribution >= 0.6 is 0 Å². The molecule has 0 unspecified atom stereocenters. The Balaban J connectivity index is 1.76. The molecule has 0 bridgehead atoms. The maximum atomic E-state index is 11.1. The number of furan rings is 1. The lowest BCUT2D eigenvalue weighted by molar-refractivity contribution is -0.393. The van der Waals surface area contributed by atoms with Crippen molar-refractivity contribution in [1.82, 2.24) is 0 Å². The normalized spacial score (nSPS) is 10.8. The lowest BCUT2D eigenvalue weighted by atomic mass is 10.2. The van der Waals surface area contributed by atoms with Crippen molar-refractivity contribution in [2.45, 2.75) is 0 Å². The predicted octanol–water partition coefficient (Wildman–Crippen LogP) is 4.21. The minimum absolute atomic E-state index is 0.0340. The number of nitro benzene ring substituents is 2. The van der Waals surface area contributed by atoms with E-state index in [1.165, 1.54) is 12.3 Å². The summed E-state index contributed by atoms with van der Waals surface area (Å²) in [5.41, 5.74) is 2.63. The number of rotatable bonds is 6. The lowest BCUT2D eigenvalue weighted by Gasteiger charge is -2.01. The van der Waals surface area contributed by atoms with Crippen molar-refractivity contribution in [3.63, 3.8) is 0 Å². The highest BCUT2D eigenvalue weighted by atomic mass is 16.6. The van der Waals surface area contributed by atoms with E-state index in [0.717, 1.165) is 17.7 Å². The van der Waals surface area contributed by atoms with Crippen LogP contribution in [0.4, 0.5) is 17.1 Å². The van der Waals surface area contributed by atoms with Gasteiger partial charge in [-0.1, -0.05) is 30.3 Å². The topological polar surface area (TPSA) is 124 Å². The first kappa shape index (κ1) is 16.8. The molecule has 0 aliphatic rings. The third-order valence-electron chi connectivity index (χ3n) is 3.45. The zero-order valence-corrected chi connectivity index (χ0v) is 13.2. The smallest absolute Gasteiger partial charge is 0.301 e. The Morgan fingerprint density at radius 1 is 0.962 bits per heavy atom. The molecule has 0 radical (unpaired) electrons. The molecule has 0 saturated carbocycles. The van der Waals surface area contributed by atoms with E-state index in [0.29, 0.717) is 11.5 Å². The van der Waals surface area contributed by atoms with Crippen LogP contribution in [-0.2, 0) is 0 Å². The lowest BCUT2D eigenvalue weighted by Crippen LogP contribution is -1.98. The number of nitrogens with zero attached hydrogens (tertiary/aromatic N) is 3. The van der Waals surface area contributed by atoms with E-state index < -0.39 is 15.5 Å². The molecule has 0 spiro atoms. The molecule has 3 rings (SSSR count). The maximum Gasteiger partial charge on any atom is 0.301 e. The van der Waals surface area contributed by atoms with Gasteiger partial charge in [0.1, 0.15) is 17.2 Å². The van der Waals surface area contributed by atoms with Crippen LogP contribution in [0.1, 0.15) is 5.76 Å². The fraction of sp³-hybridized carbons (Fsp3) is 0. The second-order valence-corrected chi connectivity index (χ2v) is 5.15. The highest BCUT2D eigenvalue weighted by Crippen LogP contribution is 2.29. The standard InChI is InChI=1S/C17H12N4O5/c22-20(23)13-6-8-15(16(10-13)21(24)25)19-18-11-14-7-9-17(26-14)12-4-2-1-3-5-12/h1-11,19H/b18-11+. The molecule has 3 aromatic rings. The van der Waals surface area contributed by atoms with Crippen LogP contribution < -0.4 is 5.43 Å². The summed E-state index contributed by atoms with van der Waals surface area (Å²) in [6.07, 6.45) is 1.36. The van der Waals surface area contributed by atoms with Crippen molar-refractivity contribution >= 4 is 23.3 Å². The van der Waals surface area contributed by atoms with E-state index in [-0.39, 0.29) is 11.4 Å². The third-order valence-corrected chi connectivity index (χ3v) is 3.45. The quantitative estimate of drug-likeness (QED) is 0.402. The van der Waals surface area contributed by atoms with Gasteiger partial charge in [0.2, 0.25) is 0 Å². The Morgan fingerprint density at radius 3 is 2.42 bits per heavy atom. The van der Waals surface area contributed by atoms with E-state index >= 15 is 0 Å². The Morgan fingerprint density at radius 2 is 1.73 bits per heavy atom. The van der Waals surface area contributed by atoms with Gasteiger partial charge in [-0.2, -0.15) is 5.10 Å². The molecule has 1 N–H and O–H groups in total. The van der Waals surface area contributed by atoms with Crippen LogP contribution in [0, 0.1) is 20.2 Å². The Hall–Kier alpha value is -4.01. The number of nitro groups is 2. The van der Waals surface area contributed by atoms with Crippen molar-refractivity contribution in [3.05, 3.63) is 86.7 Å². The number of anilines is 1. The van der Waals surface area contributed by atoms with Crippen molar-refractivity contribution in [3.8, 4) is 11.3 Å². The molecule has 0 aliphatic heterocycles. The minimum atomic E-state index is -0.717. The molecule has 9 heteroatoms. The summed E-state index contributed by atoms with van der Waals surface area (Å²) in [6.45, 7) is 0. The average Bonchev–Trinajstić information content (AvgIpc) is 3.11. The molecule has 0 atom stereocenters. The monoisotopic (exact) mass is 352 g/mol. The number of nitrogens with one attached hydrogen (secondary N) is 1. The van der Waals surface area contributed by atoms with Gasteiger partial charge in [0.25, 0.3) is 5.69 Å². The summed E-state index contributed by atoms with van der Waals surface area (Å²) in [5.74, 6) is 1.11. The minimum Gasteiger partial charge on any atom is -0.455 e. The highest BCUT2D eigenvalue weighted by molar-refractivity contribution is 5.78. The Bertz CT molecular complexity index is 982. The van der Waals surface area contributed by atoms with Crippen molar-refractivity contribution in [2.24, 2.45) is 5.10 Å². The summed E-state index contributed by atoms with van der Waals surface area (Å²) in [4.78, 5) is 20.4. The van der Waals surface area contributed by atoms with Crippen LogP contribution in [0.15, 0.2) is 70.2 Å². The van der Waals surface area contributed by atoms with E-state index in [1.54, 1.807) is 12.1 Å². The molecule has 26 heavy (non-hydrogen) atoms. The molecular weight excluding hydrogens is 340 g/mol. The van der Waals surface area contributed by atoms with Crippen LogP contribution in [-0.4, -0.2) is 16.1 Å². The first-order chi connectivity index (χ1) is 12.5. The second kappa shape index (κ2) is 7.26. The van der Waals surface area contributed by atoms with Crippen LogP contribution in [0.3, 0.4) is 0 Å². The van der Waals surface area contributed by atoms with Gasteiger partial charge < -0.3 is 4.42 Å². The maximum absolute atomic E-state index is 11.1. The van der Waals surface area contributed by atoms with E-state index in [1.807, 2.05) is 30.3 Å². The summed E-state index contributed by atoms with van der Waals surface area (Å²) in [5, 5.41) is 25.7. The molecule has 0 saturated heterocycles. The second-order valence-electron chi connectivity index (χ2n) is 5.15. The molecule has 0 amide bonds. The molecule has 2 aromatic carbocycles. The number of hydrazone groups is 1. The number of hydrogen-bond acceptors (Lipinski definition) is 7. The third kappa shape index (κ3) is 3.73. The van der Waals surface area contributed by atoms with E-state index in [2.05, 4.69) is 10.5 Å². The Kier molecular flexibility index (Phi) is 4.70. The zero-order valence-electron chi connectivity index (χ0n) is 13.2. The highest BCUT2D eigenvalue weighted by Gasteiger charge is 2.19. The molecule has 0 aliphatic carbocycles. The number of benzene rings is 2. The first-order valence-electron chi connectivity index (χ1n) is 7.42. The molecule has 9 nitrogen and oxygen atoms in total. The van der Waals surface area contributed by atoms with Crippen molar-refractivity contribution in [2.75, 3.05) is 5.43 Å². The van der Waals surface area contributed by atoms with Crippen LogP contribution in [0.2, 0.25) is 0 Å². The van der Waals surface area contributed by atoms with Gasteiger partial charge in [-0.3, -0.25) is 25.7 Å². The number of non-ortho nitro benzene ring substituents is 1. The summed E-state index contributed by atoms with van der Waals surface area (Å²) >= 11 is 0. The average molecular weight is 352 g/mol. The molecular formula is C17H12N4O5. The molecule has 0 fully saturated rings. The summed E-state index contributed by atoms with van der Waals surface area (Å²) in [7, 11) is 0. The first-order valence-corrected chi connectivity index (χ1v) is 7.42. The SMILES string of the molecule is O=[N+]([O-])c1ccc(N/N=C/c2ccc(-c3ccccc3)o2)c([N+](=O)[O-])c1. The van der Waals surface area contributed by atoms with Gasteiger partial charge in [-0.25, -0.2) is 0 Å². The molecule has 1 aromatic heterocycles. The van der Waals surface area contributed by atoms with Gasteiger partial charge >= 0.3 is 5.69 Å². The fourth-order valence-electron chi connectivity index (χ4n) is 2.22. The fourth-order valence-corrected chi connectivity index (χ4v) is 2.22. The van der Waals surface area contributed by atoms with Crippen molar-refractivity contribution < 1.29 is 14.3 Å². The van der Waals surface area contributed by atoms with Crippen molar-refractivity contribution in [1.29, 1.82) is 0 Å². The Labute approximate surface area is 146 Å². The van der Waals surface area contributed by atoms with Gasteiger partial charge in [0.05, 0.1) is 22.1 Å². The predicted molar refractivity (Wildman–Crippen MR) is 95.1 cm³/mol.